The van der Waals surface area contributed by atoms with Crippen LogP contribution in [0, 0.1) is 0 Å². The number of hydrogen-bond acceptors (Lipinski definition) is 4. The molecule has 2 aliphatic rings. The maximum atomic E-state index is 6.59. The van der Waals surface area contributed by atoms with E-state index in [2.05, 4.69) is 188 Å². The summed E-state index contributed by atoms with van der Waals surface area (Å²) >= 11 is 0. The second-order valence-electron chi connectivity index (χ2n) is 17.8. The van der Waals surface area contributed by atoms with Crippen molar-refractivity contribution >= 4 is 21.9 Å². The highest BCUT2D eigenvalue weighted by Crippen LogP contribution is 2.63. The SMILES string of the molecule is c1ccc(-c2cccc(-c3nc(-c4ccccc4)nc(-c4cccc5oc6ccc(-c7cccc(-c8ccc9c(c8)C8(c%10ccccc%10-c%10ccccc%108)c8ccccc8-9)c7)cc6c45)n3)c2)cc1. The van der Waals surface area contributed by atoms with Gasteiger partial charge in [0.2, 0.25) is 0 Å². The van der Waals surface area contributed by atoms with E-state index in [1.54, 1.807) is 0 Å². The molecular weight excluding hydrogens is 827 g/mol. The van der Waals surface area contributed by atoms with Gasteiger partial charge in [-0.3, -0.25) is 0 Å². The Bertz CT molecular complexity index is 3920. The zero-order valence-electron chi connectivity index (χ0n) is 36.8. The van der Waals surface area contributed by atoms with Gasteiger partial charge in [-0.25, -0.2) is 15.0 Å². The number of furan rings is 1. The highest BCUT2D eigenvalue weighted by atomic mass is 16.3. The molecule has 1 spiro atoms. The van der Waals surface area contributed by atoms with Crippen molar-refractivity contribution in [1.29, 1.82) is 0 Å². The maximum absolute atomic E-state index is 6.59. The van der Waals surface area contributed by atoms with Crippen LogP contribution < -0.4 is 0 Å². The average molecular weight is 866 g/mol. The average Bonchev–Trinajstić information content (AvgIpc) is 4.05. The smallest absolute Gasteiger partial charge is 0.164 e. The predicted octanol–water partition coefficient (Wildman–Crippen LogP) is 16.1. The Hall–Kier alpha value is -8.99. The van der Waals surface area contributed by atoms with Gasteiger partial charge in [0.25, 0.3) is 0 Å². The lowest BCUT2D eigenvalue weighted by molar-refractivity contribution is 0.669. The van der Waals surface area contributed by atoms with Crippen molar-refractivity contribution in [2.45, 2.75) is 5.41 Å². The molecule has 0 saturated heterocycles. The van der Waals surface area contributed by atoms with Crippen LogP contribution in [0.4, 0.5) is 0 Å². The normalized spacial score (nSPS) is 12.8. The van der Waals surface area contributed by atoms with E-state index in [-0.39, 0.29) is 0 Å². The van der Waals surface area contributed by atoms with Crippen molar-refractivity contribution < 1.29 is 4.42 Å². The second-order valence-corrected chi connectivity index (χ2v) is 17.8. The van der Waals surface area contributed by atoms with E-state index in [4.69, 9.17) is 19.4 Å². The minimum Gasteiger partial charge on any atom is -0.456 e. The van der Waals surface area contributed by atoms with Crippen LogP contribution in [0.2, 0.25) is 0 Å². The third kappa shape index (κ3) is 5.77. The lowest BCUT2D eigenvalue weighted by Crippen LogP contribution is -2.25. The maximum Gasteiger partial charge on any atom is 0.164 e. The van der Waals surface area contributed by atoms with Gasteiger partial charge in [-0.2, -0.15) is 0 Å². The van der Waals surface area contributed by atoms with Crippen molar-refractivity contribution in [3.05, 3.63) is 259 Å². The fraction of sp³-hybridized carbons (Fsp3) is 0.0156. The summed E-state index contributed by atoms with van der Waals surface area (Å²) in [4.78, 5) is 15.5. The van der Waals surface area contributed by atoms with Gasteiger partial charge >= 0.3 is 0 Å². The minimum absolute atomic E-state index is 0.398. The van der Waals surface area contributed by atoms with E-state index in [9.17, 15) is 0 Å². The molecule has 4 heteroatoms. The van der Waals surface area contributed by atoms with Crippen LogP contribution in [0.1, 0.15) is 22.3 Å². The van der Waals surface area contributed by atoms with Gasteiger partial charge in [0.15, 0.2) is 17.5 Å². The van der Waals surface area contributed by atoms with Gasteiger partial charge in [0.1, 0.15) is 11.2 Å². The molecule has 0 amide bonds. The molecule has 10 aromatic carbocycles. The summed E-state index contributed by atoms with van der Waals surface area (Å²) in [6.45, 7) is 0. The summed E-state index contributed by atoms with van der Waals surface area (Å²) in [5.41, 5.74) is 21.3. The molecule has 14 rings (SSSR count). The topological polar surface area (TPSA) is 51.8 Å². The van der Waals surface area contributed by atoms with Crippen LogP contribution in [0.5, 0.6) is 0 Å². The van der Waals surface area contributed by atoms with E-state index in [0.29, 0.717) is 17.5 Å². The predicted molar refractivity (Wildman–Crippen MR) is 276 cm³/mol. The zero-order chi connectivity index (χ0) is 44.8. The van der Waals surface area contributed by atoms with E-state index in [1.807, 2.05) is 48.5 Å². The summed E-state index contributed by atoms with van der Waals surface area (Å²) in [5, 5.41) is 1.97. The van der Waals surface area contributed by atoms with Crippen molar-refractivity contribution in [2.75, 3.05) is 0 Å². The minimum atomic E-state index is -0.398. The Kier molecular flexibility index (Phi) is 8.46. The monoisotopic (exact) mass is 865 g/mol. The number of nitrogens with zero attached hydrogens (tertiary/aromatic N) is 3. The molecule has 0 N–H and O–H groups in total. The summed E-state index contributed by atoms with van der Waals surface area (Å²) in [6, 6.07) is 84.6. The van der Waals surface area contributed by atoms with Crippen LogP contribution in [-0.4, -0.2) is 15.0 Å². The molecule has 316 valence electrons. The van der Waals surface area contributed by atoms with Crippen LogP contribution in [0.15, 0.2) is 241 Å². The number of fused-ring (bicyclic) bond motifs is 13. The molecule has 0 radical (unpaired) electrons. The molecular formula is C64H39N3O. The Labute approximate surface area is 393 Å². The van der Waals surface area contributed by atoms with Gasteiger partial charge in [0.05, 0.1) is 5.41 Å². The molecule has 2 heterocycles. The molecule has 2 aromatic heterocycles. The summed E-state index contributed by atoms with van der Waals surface area (Å²) in [6.07, 6.45) is 0. The fourth-order valence-corrected chi connectivity index (χ4v) is 11.2. The molecule has 4 nitrogen and oxygen atoms in total. The second kappa shape index (κ2) is 15.0. The third-order valence-electron chi connectivity index (χ3n) is 14.2. The standard InChI is InChI=1S/C64H39N3O/c1-3-16-40(17-4-1)42-20-14-23-47(37-42)62-65-61(41-18-5-2-6-19-41)66-63(67-62)52-27-15-31-59-60(52)53-38-45(33-35-58(53)68-59)43-21-13-22-44(36-43)46-32-34-51-50-26-9-12-30-56(50)64(57(51)39-46)54-28-10-7-24-48(54)49-25-8-11-29-55(49)64/h1-39H. The quantitative estimate of drug-likeness (QED) is 0.167. The molecule has 0 aliphatic heterocycles. The molecule has 12 aromatic rings. The highest BCUT2D eigenvalue weighted by molar-refractivity contribution is 6.13. The van der Waals surface area contributed by atoms with Crippen LogP contribution >= 0.6 is 0 Å². The van der Waals surface area contributed by atoms with Crippen molar-refractivity contribution in [2.24, 2.45) is 0 Å². The molecule has 0 fully saturated rings. The van der Waals surface area contributed by atoms with Crippen LogP contribution in [0.25, 0.3) is 112 Å². The van der Waals surface area contributed by atoms with E-state index < -0.39 is 5.41 Å². The van der Waals surface area contributed by atoms with Crippen molar-refractivity contribution in [1.82, 2.24) is 15.0 Å². The Balaban J connectivity index is 0.893. The van der Waals surface area contributed by atoms with Crippen molar-refractivity contribution in [3.8, 4) is 89.8 Å². The lowest BCUT2D eigenvalue weighted by atomic mass is 9.70. The number of aromatic nitrogens is 3. The molecule has 0 saturated carbocycles. The van der Waals surface area contributed by atoms with Gasteiger partial charge in [-0.15, -0.1) is 0 Å². The molecule has 0 atom stereocenters. The number of benzene rings is 10. The fourth-order valence-electron chi connectivity index (χ4n) is 11.2. The molecule has 2 aliphatic carbocycles. The lowest BCUT2D eigenvalue weighted by Gasteiger charge is -2.30. The van der Waals surface area contributed by atoms with Crippen LogP contribution in [-0.2, 0) is 5.41 Å². The molecule has 68 heavy (non-hydrogen) atoms. The molecule has 0 unspecified atom stereocenters. The van der Waals surface area contributed by atoms with Crippen LogP contribution in [0.3, 0.4) is 0 Å². The van der Waals surface area contributed by atoms with Gasteiger partial charge < -0.3 is 4.42 Å². The zero-order valence-corrected chi connectivity index (χ0v) is 36.8. The first-order valence-corrected chi connectivity index (χ1v) is 23.2. The summed E-state index contributed by atoms with van der Waals surface area (Å²) in [5.74, 6) is 1.81. The van der Waals surface area contributed by atoms with E-state index in [0.717, 1.165) is 66.4 Å². The highest BCUT2D eigenvalue weighted by Gasteiger charge is 2.51. The molecule has 0 bridgehead atoms. The summed E-state index contributed by atoms with van der Waals surface area (Å²) in [7, 11) is 0. The number of rotatable bonds is 6. The Morgan fingerprint density at radius 2 is 0.706 bits per heavy atom. The van der Waals surface area contributed by atoms with Crippen molar-refractivity contribution in [3.63, 3.8) is 0 Å². The first kappa shape index (κ1) is 38.3. The third-order valence-corrected chi connectivity index (χ3v) is 14.2. The Morgan fingerprint density at radius 3 is 1.37 bits per heavy atom. The summed E-state index contributed by atoms with van der Waals surface area (Å²) < 4.78 is 6.59. The first-order valence-electron chi connectivity index (χ1n) is 23.2. The van der Waals surface area contributed by atoms with Gasteiger partial charge in [-0.05, 0) is 114 Å². The van der Waals surface area contributed by atoms with Gasteiger partial charge in [0, 0.05) is 27.5 Å². The van der Waals surface area contributed by atoms with E-state index in [1.165, 1.54) is 50.1 Å². The van der Waals surface area contributed by atoms with E-state index >= 15 is 0 Å². The first-order chi connectivity index (χ1) is 33.7. The number of hydrogen-bond donors (Lipinski definition) is 0. The Morgan fingerprint density at radius 1 is 0.265 bits per heavy atom. The largest absolute Gasteiger partial charge is 0.456 e. The van der Waals surface area contributed by atoms with Gasteiger partial charge in [-0.1, -0.05) is 200 Å².